The van der Waals surface area contributed by atoms with Crippen LogP contribution in [0.25, 0.3) is 0 Å². The second kappa shape index (κ2) is 13.0. The minimum atomic E-state index is -0.810. The molecular weight excluding hydrogens is 511 g/mol. The Labute approximate surface area is 225 Å². The number of amides is 2. The quantitative estimate of drug-likeness (QED) is 0.258. The van der Waals surface area contributed by atoms with E-state index in [1.807, 2.05) is 42.5 Å². The molecule has 1 heterocycles. The normalized spacial score (nSPS) is 11.5. The zero-order valence-corrected chi connectivity index (χ0v) is 21.5. The van der Waals surface area contributed by atoms with Crippen LogP contribution in [-0.2, 0) is 29.1 Å². The van der Waals surface area contributed by atoms with E-state index in [9.17, 15) is 9.59 Å². The maximum Gasteiger partial charge on any atom is 0.261 e. The Hall–Kier alpha value is -3.74. The molecular formula is C29H26Cl2N2O4. The molecule has 0 bridgehead atoms. The van der Waals surface area contributed by atoms with Gasteiger partial charge in [-0.1, -0.05) is 77.8 Å². The van der Waals surface area contributed by atoms with Gasteiger partial charge in [0.05, 0.1) is 17.8 Å². The smallest absolute Gasteiger partial charge is 0.261 e. The van der Waals surface area contributed by atoms with Crippen molar-refractivity contribution in [3.05, 3.63) is 124 Å². The van der Waals surface area contributed by atoms with Crippen molar-refractivity contribution in [3.63, 3.8) is 0 Å². The maximum atomic E-state index is 13.6. The van der Waals surface area contributed by atoms with E-state index in [1.165, 1.54) is 4.90 Å². The highest BCUT2D eigenvalue weighted by Gasteiger charge is 2.31. The molecule has 0 aliphatic carbocycles. The van der Waals surface area contributed by atoms with Crippen LogP contribution < -0.4 is 10.1 Å². The number of nitrogens with one attached hydrogen (secondary N) is 1. The predicted molar refractivity (Wildman–Crippen MR) is 143 cm³/mol. The minimum absolute atomic E-state index is 0.188. The van der Waals surface area contributed by atoms with Crippen LogP contribution >= 0.6 is 23.2 Å². The SMILES string of the molecule is O=C(NCc1ccco1)C(Cc1ccccc1)N(Cc1ccc(Cl)cc1)C(=O)COc1ccccc1Cl. The largest absolute Gasteiger partial charge is 0.482 e. The van der Waals surface area contributed by atoms with Crippen molar-refractivity contribution >= 4 is 35.0 Å². The summed E-state index contributed by atoms with van der Waals surface area (Å²) < 4.78 is 11.1. The molecule has 4 rings (SSSR count). The number of rotatable bonds is 11. The first-order chi connectivity index (χ1) is 18.0. The molecule has 190 valence electrons. The van der Waals surface area contributed by atoms with Gasteiger partial charge in [-0.15, -0.1) is 0 Å². The van der Waals surface area contributed by atoms with Crippen LogP contribution in [0.2, 0.25) is 10.0 Å². The topological polar surface area (TPSA) is 71.8 Å². The fourth-order valence-corrected chi connectivity index (χ4v) is 4.15. The van der Waals surface area contributed by atoms with Gasteiger partial charge in [0.1, 0.15) is 17.6 Å². The highest BCUT2D eigenvalue weighted by molar-refractivity contribution is 6.32. The first kappa shape index (κ1) is 26.3. The molecule has 8 heteroatoms. The molecule has 1 unspecified atom stereocenters. The Morgan fingerprint density at radius 2 is 1.59 bits per heavy atom. The molecule has 1 N–H and O–H groups in total. The molecule has 0 fully saturated rings. The summed E-state index contributed by atoms with van der Waals surface area (Å²) in [6, 6.07) is 26.4. The standard InChI is InChI=1S/C29H26Cl2N2O4/c30-23-14-12-22(13-15-23)19-33(28(34)20-37-27-11-5-4-10-25(27)31)26(17-21-7-2-1-3-8-21)29(35)32-18-24-9-6-16-36-24/h1-16,26H,17-20H2,(H,32,35). The highest BCUT2D eigenvalue weighted by atomic mass is 35.5. The third kappa shape index (κ3) is 7.62. The third-order valence-corrected chi connectivity index (χ3v) is 6.31. The number of furan rings is 1. The van der Waals surface area contributed by atoms with E-state index >= 15 is 0 Å². The van der Waals surface area contributed by atoms with Crippen molar-refractivity contribution < 1.29 is 18.7 Å². The predicted octanol–water partition coefficient (Wildman–Crippen LogP) is 5.92. The molecule has 1 atom stereocenters. The number of carbonyl (C=O) groups is 2. The van der Waals surface area contributed by atoms with Crippen LogP contribution in [-0.4, -0.2) is 29.4 Å². The number of ether oxygens (including phenoxy) is 1. The van der Waals surface area contributed by atoms with Crippen LogP contribution in [0.5, 0.6) is 5.75 Å². The lowest BCUT2D eigenvalue weighted by Gasteiger charge is -2.31. The second-order valence-electron chi connectivity index (χ2n) is 8.37. The number of benzene rings is 3. The summed E-state index contributed by atoms with van der Waals surface area (Å²) >= 11 is 12.3. The fourth-order valence-electron chi connectivity index (χ4n) is 3.83. The van der Waals surface area contributed by atoms with Gasteiger partial charge in [-0.05, 0) is 47.5 Å². The molecule has 37 heavy (non-hydrogen) atoms. The second-order valence-corrected chi connectivity index (χ2v) is 9.21. The molecule has 4 aromatic rings. The van der Waals surface area contributed by atoms with E-state index in [2.05, 4.69) is 5.32 Å². The van der Waals surface area contributed by atoms with E-state index < -0.39 is 6.04 Å². The number of carbonyl (C=O) groups excluding carboxylic acids is 2. The minimum Gasteiger partial charge on any atom is -0.482 e. The Morgan fingerprint density at radius 1 is 0.865 bits per heavy atom. The molecule has 0 spiro atoms. The van der Waals surface area contributed by atoms with Crippen LogP contribution in [0, 0.1) is 0 Å². The summed E-state index contributed by atoms with van der Waals surface area (Å²) in [5.74, 6) is 0.347. The summed E-state index contributed by atoms with van der Waals surface area (Å²) in [4.78, 5) is 28.7. The van der Waals surface area contributed by atoms with Crippen LogP contribution in [0.3, 0.4) is 0 Å². The molecule has 0 saturated carbocycles. The molecule has 0 aliphatic heterocycles. The van der Waals surface area contributed by atoms with Gasteiger partial charge >= 0.3 is 0 Å². The maximum absolute atomic E-state index is 13.6. The number of para-hydroxylation sites is 1. The van der Waals surface area contributed by atoms with E-state index in [0.29, 0.717) is 28.0 Å². The summed E-state index contributed by atoms with van der Waals surface area (Å²) in [7, 11) is 0. The zero-order chi connectivity index (χ0) is 26.0. The summed E-state index contributed by atoms with van der Waals surface area (Å²) in [6.07, 6.45) is 1.86. The third-order valence-electron chi connectivity index (χ3n) is 5.74. The van der Waals surface area contributed by atoms with Gasteiger partial charge in [0.2, 0.25) is 5.91 Å². The number of hydrogen-bond acceptors (Lipinski definition) is 4. The van der Waals surface area contributed by atoms with Crippen molar-refractivity contribution in [2.24, 2.45) is 0 Å². The average molecular weight is 537 g/mol. The van der Waals surface area contributed by atoms with Gasteiger partial charge in [-0.25, -0.2) is 0 Å². The average Bonchev–Trinajstić information content (AvgIpc) is 3.44. The Balaban J connectivity index is 1.61. The summed E-state index contributed by atoms with van der Waals surface area (Å²) in [5.41, 5.74) is 1.74. The summed E-state index contributed by atoms with van der Waals surface area (Å²) in [5, 5.41) is 3.89. The monoisotopic (exact) mass is 536 g/mol. The molecule has 6 nitrogen and oxygen atoms in total. The van der Waals surface area contributed by atoms with Gasteiger partial charge in [-0.3, -0.25) is 9.59 Å². The first-order valence-electron chi connectivity index (χ1n) is 11.7. The number of halogens is 2. The molecule has 3 aromatic carbocycles. The highest BCUT2D eigenvalue weighted by Crippen LogP contribution is 2.24. The molecule has 0 radical (unpaired) electrons. The van der Waals surface area contributed by atoms with Crippen molar-refractivity contribution in [2.45, 2.75) is 25.6 Å². The Morgan fingerprint density at radius 3 is 2.30 bits per heavy atom. The lowest BCUT2D eigenvalue weighted by molar-refractivity contribution is -0.142. The van der Waals surface area contributed by atoms with E-state index in [0.717, 1.165) is 11.1 Å². The van der Waals surface area contributed by atoms with Crippen LogP contribution in [0.15, 0.2) is 102 Å². The van der Waals surface area contributed by atoms with Crippen LogP contribution in [0.4, 0.5) is 0 Å². The zero-order valence-electron chi connectivity index (χ0n) is 20.0. The van der Waals surface area contributed by atoms with Gasteiger partial charge in [-0.2, -0.15) is 0 Å². The molecule has 0 saturated heterocycles. The van der Waals surface area contributed by atoms with Crippen molar-refractivity contribution in [1.29, 1.82) is 0 Å². The molecule has 0 aliphatic rings. The number of hydrogen-bond donors (Lipinski definition) is 1. The number of nitrogens with zero attached hydrogens (tertiary/aromatic N) is 1. The van der Waals surface area contributed by atoms with Gasteiger partial charge in [0, 0.05) is 18.0 Å². The van der Waals surface area contributed by atoms with Gasteiger partial charge in [0.25, 0.3) is 5.91 Å². The molecule has 2 amide bonds. The molecule has 1 aromatic heterocycles. The Kier molecular flexibility index (Phi) is 9.24. The van der Waals surface area contributed by atoms with Crippen LogP contribution in [0.1, 0.15) is 16.9 Å². The van der Waals surface area contributed by atoms with E-state index in [1.54, 1.807) is 54.8 Å². The van der Waals surface area contributed by atoms with Gasteiger partial charge < -0.3 is 19.4 Å². The van der Waals surface area contributed by atoms with E-state index in [4.69, 9.17) is 32.4 Å². The first-order valence-corrected chi connectivity index (χ1v) is 12.5. The van der Waals surface area contributed by atoms with Crippen molar-refractivity contribution in [2.75, 3.05) is 6.61 Å². The Bertz CT molecular complexity index is 1300. The van der Waals surface area contributed by atoms with Crippen molar-refractivity contribution in [3.8, 4) is 5.75 Å². The summed E-state index contributed by atoms with van der Waals surface area (Å²) in [6.45, 7) is 0.109. The fraction of sp³-hybridized carbons (Fsp3) is 0.172. The van der Waals surface area contributed by atoms with Gasteiger partial charge in [0.15, 0.2) is 6.61 Å². The van der Waals surface area contributed by atoms with E-state index in [-0.39, 0.29) is 31.5 Å². The lowest BCUT2D eigenvalue weighted by Crippen LogP contribution is -2.51. The lowest BCUT2D eigenvalue weighted by atomic mass is 10.0. The van der Waals surface area contributed by atoms with Crippen molar-refractivity contribution in [1.82, 2.24) is 10.2 Å².